The van der Waals surface area contributed by atoms with Crippen LogP contribution in [0.2, 0.25) is 0 Å². The SMILES string of the molecule is Cc1cc(S(=O)(=O)N2CCC(C)C(O)C2)ccc1F. The second kappa shape index (κ2) is 5.19. The first-order chi connectivity index (χ1) is 8.82. The average molecular weight is 287 g/mol. The van der Waals surface area contributed by atoms with Gasteiger partial charge in [-0.1, -0.05) is 6.92 Å². The largest absolute Gasteiger partial charge is 0.391 e. The predicted octanol–water partition coefficient (Wildman–Crippen LogP) is 1.53. The lowest BCUT2D eigenvalue weighted by molar-refractivity contribution is 0.0605. The summed E-state index contributed by atoms with van der Waals surface area (Å²) in [4.78, 5) is 0.0770. The number of rotatable bonds is 2. The molecule has 4 nitrogen and oxygen atoms in total. The number of hydrogen-bond acceptors (Lipinski definition) is 3. The molecule has 0 radical (unpaired) electrons. The number of halogens is 1. The van der Waals surface area contributed by atoms with E-state index in [0.29, 0.717) is 18.5 Å². The summed E-state index contributed by atoms with van der Waals surface area (Å²) in [7, 11) is -3.65. The van der Waals surface area contributed by atoms with Crippen LogP contribution in [0.4, 0.5) is 4.39 Å². The Hall–Kier alpha value is -0.980. The van der Waals surface area contributed by atoms with Crippen LogP contribution in [0.25, 0.3) is 0 Å². The molecule has 6 heteroatoms. The van der Waals surface area contributed by atoms with E-state index in [9.17, 15) is 17.9 Å². The molecule has 0 saturated carbocycles. The Kier molecular flexibility index (Phi) is 3.94. The van der Waals surface area contributed by atoms with Gasteiger partial charge in [-0.3, -0.25) is 0 Å². The molecule has 19 heavy (non-hydrogen) atoms. The van der Waals surface area contributed by atoms with Gasteiger partial charge >= 0.3 is 0 Å². The fraction of sp³-hybridized carbons (Fsp3) is 0.538. The van der Waals surface area contributed by atoms with Gasteiger partial charge < -0.3 is 5.11 Å². The second-order valence-electron chi connectivity index (χ2n) is 5.11. The quantitative estimate of drug-likeness (QED) is 0.897. The summed E-state index contributed by atoms with van der Waals surface area (Å²) in [6.07, 6.45) is -0.0225. The molecule has 1 aliphatic rings. The number of benzene rings is 1. The Labute approximate surface area is 112 Å². The number of sulfonamides is 1. The summed E-state index contributed by atoms with van der Waals surface area (Å²) in [6.45, 7) is 3.91. The normalized spacial score (nSPS) is 25.5. The third kappa shape index (κ3) is 2.80. The Balaban J connectivity index is 2.29. The number of aryl methyl sites for hydroxylation is 1. The number of nitrogens with zero attached hydrogens (tertiary/aromatic N) is 1. The lowest BCUT2D eigenvalue weighted by atomic mass is 9.98. The molecule has 1 saturated heterocycles. The van der Waals surface area contributed by atoms with Gasteiger partial charge in [0.25, 0.3) is 0 Å². The van der Waals surface area contributed by atoms with Gasteiger partial charge in [0.15, 0.2) is 0 Å². The molecule has 2 rings (SSSR count). The molecule has 2 unspecified atom stereocenters. The highest BCUT2D eigenvalue weighted by Crippen LogP contribution is 2.24. The van der Waals surface area contributed by atoms with E-state index in [1.165, 1.54) is 23.4 Å². The minimum atomic E-state index is -3.65. The summed E-state index contributed by atoms with van der Waals surface area (Å²) in [5.74, 6) is -0.326. The Bertz CT molecular complexity index is 573. The van der Waals surface area contributed by atoms with Gasteiger partial charge in [-0.05, 0) is 43.0 Å². The zero-order chi connectivity index (χ0) is 14.2. The van der Waals surface area contributed by atoms with E-state index in [1.807, 2.05) is 6.92 Å². The van der Waals surface area contributed by atoms with Crippen molar-refractivity contribution in [2.24, 2.45) is 5.92 Å². The van der Waals surface area contributed by atoms with Crippen molar-refractivity contribution in [2.75, 3.05) is 13.1 Å². The average Bonchev–Trinajstić information content (AvgIpc) is 2.35. The van der Waals surface area contributed by atoms with Crippen LogP contribution in [0.15, 0.2) is 23.1 Å². The zero-order valence-corrected chi connectivity index (χ0v) is 11.8. The van der Waals surface area contributed by atoms with Gasteiger partial charge in [0.2, 0.25) is 10.0 Å². The first kappa shape index (κ1) is 14.4. The van der Waals surface area contributed by atoms with Crippen LogP contribution >= 0.6 is 0 Å². The molecule has 0 aromatic heterocycles. The molecule has 106 valence electrons. The van der Waals surface area contributed by atoms with Crippen LogP contribution in [-0.2, 0) is 10.0 Å². The van der Waals surface area contributed by atoms with Gasteiger partial charge in [-0.15, -0.1) is 0 Å². The molecule has 1 aromatic carbocycles. The highest BCUT2D eigenvalue weighted by atomic mass is 32.2. The number of β-amino-alcohol motifs (C(OH)–C–C–N with tert-alkyl or cyclic N) is 1. The van der Waals surface area contributed by atoms with E-state index in [1.54, 1.807) is 0 Å². The van der Waals surface area contributed by atoms with Crippen molar-refractivity contribution in [1.29, 1.82) is 0 Å². The molecule has 1 N–H and O–H groups in total. The molecule has 1 fully saturated rings. The van der Waals surface area contributed by atoms with E-state index in [0.717, 1.165) is 6.07 Å². The summed E-state index contributed by atoms with van der Waals surface area (Å²) < 4.78 is 39.3. The van der Waals surface area contributed by atoms with E-state index < -0.39 is 21.9 Å². The van der Waals surface area contributed by atoms with Crippen molar-refractivity contribution in [3.63, 3.8) is 0 Å². The van der Waals surface area contributed by atoms with Crippen molar-refractivity contribution in [3.8, 4) is 0 Å². The van der Waals surface area contributed by atoms with Gasteiger partial charge in [-0.25, -0.2) is 12.8 Å². The molecular formula is C13H18FNO3S. The van der Waals surface area contributed by atoms with E-state index >= 15 is 0 Å². The molecule has 1 aliphatic heterocycles. The second-order valence-corrected chi connectivity index (χ2v) is 7.05. The van der Waals surface area contributed by atoms with Crippen molar-refractivity contribution < 1.29 is 17.9 Å². The standard InChI is InChI=1S/C13H18FNO3S/c1-9-5-6-15(8-13(9)16)19(17,18)11-3-4-12(14)10(2)7-11/h3-4,7,9,13,16H,5-6,8H2,1-2H3. The van der Waals surface area contributed by atoms with Crippen LogP contribution < -0.4 is 0 Å². The van der Waals surface area contributed by atoms with Crippen molar-refractivity contribution >= 4 is 10.0 Å². The molecule has 0 aliphatic carbocycles. The van der Waals surface area contributed by atoms with E-state index in [4.69, 9.17) is 0 Å². The first-order valence-corrected chi connectivity index (χ1v) is 7.70. The Morgan fingerprint density at radius 1 is 1.42 bits per heavy atom. The fourth-order valence-electron chi connectivity index (χ4n) is 2.16. The minimum Gasteiger partial charge on any atom is -0.391 e. The van der Waals surface area contributed by atoms with Crippen LogP contribution in [0.3, 0.4) is 0 Å². The molecule has 0 amide bonds. The number of aliphatic hydroxyl groups excluding tert-OH is 1. The van der Waals surface area contributed by atoms with Crippen molar-refractivity contribution in [3.05, 3.63) is 29.6 Å². The molecule has 1 aromatic rings. The molecular weight excluding hydrogens is 269 g/mol. The van der Waals surface area contributed by atoms with Gasteiger partial charge in [-0.2, -0.15) is 4.31 Å². The van der Waals surface area contributed by atoms with Gasteiger partial charge in [0, 0.05) is 13.1 Å². The highest BCUT2D eigenvalue weighted by molar-refractivity contribution is 7.89. The van der Waals surface area contributed by atoms with Crippen LogP contribution in [-0.4, -0.2) is 37.0 Å². The smallest absolute Gasteiger partial charge is 0.243 e. The molecule has 2 atom stereocenters. The third-order valence-electron chi connectivity index (χ3n) is 3.65. The molecule has 0 bridgehead atoms. The maximum atomic E-state index is 13.2. The highest BCUT2D eigenvalue weighted by Gasteiger charge is 2.32. The van der Waals surface area contributed by atoms with Gasteiger partial charge in [0.1, 0.15) is 5.82 Å². The minimum absolute atomic E-state index is 0.0770. The number of aliphatic hydroxyl groups is 1. The maximum Gasteiger partial charge on any atom is 0.243 e. The van der Waals surface area contributed by atoms with Gasteiger partial charge in [0.05, 0.1) is 11.0 Å². The number of piperidine rings is 1. The van der Waals surface area contributed by atoms with E-state index in [-0.39, 0.29) is 17.4 Å². The summed E-state index contributed by atoms with van der Waals surface area (Å²) in [5, 5.41) is 9.79. The lowest BCUT2D eigenvalue weighted by Crippen LogP contribution is -2.45. The zero-order valence-electron chi connectivity index (χ0n) is 11.0. The van der Waals surface area contributed by atoms with Crippen LogP contribution in [0, 0.1) is 18.7 Å². The van der Waals surface area contributed by atoms with Crippen molar-refractivity contribution in [2.45, 2.75) is 31.3 Å². The topological polar surface area (TPSA) is 57.6 Å². The molecule has 1 heterocycles. The summed E-state index contributed by atoms with van der Waals surface area (Å²) in [5.41, 5.74) is 0.298. The predicted molar refractivity (Wildman–Crippen MR) is 69.7 cm³/mol. The Morgan fingerprint density at radius 3 is 2.68 bits per heavy atom. The third-order valence-corrected chi connectivity index (χ3v) is 5.51. The lowest BCUT2D eigenvalue weighted by Gasteiger charge is -2.33. The van der Waals surface area contributed by atoms with Crippen LogP contribution in [0.5, 0.6) is 0 Å². The number of hydrogen-bond donors (Lipinski definition) is 1. The summed E-state index contributed by atoms with van der Waals surface area (Å²) in [6, 6.07) is 3.75. The monoisotopic (exact) mass is 287 g/mol. The maximum absolute atomic E-state index is 13.2. The first-order valence-electron chi connectivity index (χ1n) is 6.26. The summed E-state index contributed by atoms with van der Waals surface area (Å²) >= 11 is 0. The fourth-order valence-corrected chi connectivity index (χ4v) is 3.72. The van der Waals surface area contributed by atoms with Crippen LogP contribution in [0.1, 0.15) is 18.9 Å². The van der Waals surface area contributed by atoms with E-state index in [2.05, 4.69) is 0 Å². The molecule has 0 spiro atoms. The van der Waals surface area contributed by atoms with Crippen molar-refractivity contribution in [1.82, 2.24) is 4.31 Å². The Morgan fingerprint density at radius 2 is 2.11 bits per heavy atom.